The molecule has 0 saturated heterocycles. The lowest BCUT2D eigenvalue weighted by molar-refractivity contribution is -0.121. The van der Waals surface area contributed by atoms with Gasteiger partial charge >= 0.3 is 0 Å². The van der Waals surface area contributed by atoms with Crippen molar-refractivity contribution in [1.29, 1.82) is 0 Å². The monoisotopic (exact) mass is 353 g/mol. The first-order valence-corrected chi connectivity index (χ1v) is 8.75. The maximum absolute atomic E-state index is 12.1. The summed E-state index contributed by atoms with van der Waals surface area (Å²) >= 11 is 3.64. The Balaban J connectivity index is 1.83. The summed E-state index contributed by atoms with van der Waals surface area (Å²) in [5.41, 5.74) is 1.28. The maximum atomic E-state index is 12.1. The maximum Gasteiger partial charge on any atom is 0.224 e. The van der Waals surface area contributed by atoms with E-state index in [4.69, 9.17) is 4.74 Å². The van der Waals surface area contributed by atoms with E-state index in [1.165, 1.54) is 32.1 Å². The van der Waals surface area contributed by atoms with Crippen LogP contribution >= 0.6 is 15.9 Å². The molecule has 4 heteroatoms. The number of halogens is 1. The van der Waals surface area contributed by atoms with E-state index in [9.17, 15) is 4.79 Å². The molecule has 0 unspecified atom stereocenters. The first kappa shape index (κ1) is 16.3. The molecule has 1 aromatic carbocycles. The van der Waals surface area contributed by atoms with Crippen LogP contribution in [-0.4, -0.2) is 24.9 Å². The number of benzene rings is 1. The Labute approximate surface area is 135 Å². The second-order valence-electron chi connectivity index (χ2n) is 6.00. The van der Waals surface area contributed by atoms with Crippen molar-refractivity contribution >= 4 is 21.8 Å². The van der Waals surface area contributed by atoms with Crippen LogP contribution in [0, 0.1) is 5.41 Å². The van der Waals surface area contributed by atoms with Crippen molar-refractivity contribution in [3.8, 4) is 5.75 Å². The van der Waals surface area contributed by atoms with E-state index in [1.54, 1.807) is 7.11 Å². The van der Waals surface area contributed by atoms with Crippen LogP contribution in [0.1, 0.15) is 37.7 Å². The van der Waals surface area contributed by atoms with E-state index >= 15 is 0 Å². The molecule has 1 aliphatic rings. The van der Waals surface area contributed by atoms with Crippen molar-refractivity contribution in [3.63, 3.8) is 0 Å². The number of ether oxygens (including phenoxy) is 1. The zero-order valence-corrected chi connectivity index (χ0v) is 14.2. The molecule has 0 radical (unpaired) electrons. The molecule has 1 aromatic rings. The molecule has 0 aromatic heterocycles. The Bertz CT molecular complexity index is 452. The fourth-order valence-corrected chi connectivity index (χ4v) is 3.70. The Kier molecular flexibility index (Phi) is 6.09. The molecule has 0 bridgehead atoms. The second-order valence-corrected chi connectivity index (χ2v) is 6.56. The highest BCUT2D eigenvalue weighted by molar-refractivity contribution is 9.09. The van der Waals surface area contributed by atoms with Gasteiger partial charge in [-0.1, -0.05) is 47.3 Å². The molecule has 0 spiro atoms. The Hall–Kier alpha value is -1.03. The molecule has 1 fully saturated rings. The van der Waals surface area contributed by atoms with E-state index < -0.39 is 0 Å². The highest BCUT2D eigenvalue weighted by Gasteiger charge is 2.31. The molecule has 0 aliphatic heterocycles. The van der Waals surface area contributed by atoms with Gasteiger partial charge in [0.25, 0.3) is 0 Å². The summed E-state index contributed by atoms with van der Waals surface area (Å²) in [4.78, 5) is 12.1. The fourth-order valence-electron chi connectivity index (χ4n) is 2.94. The van der Waals surface area contributed by atoms with Gasteiger partial charge in [-0.15, -0.1) is 0 Å². The topological polar surface area (TPSA) is 38.3 Å². The molecule has 1 saturated carbocycles. The summed E-state index contributed by atoms with van der Waals surface area (Å²) in [6.07, 6.45) is 6.74. The first-order valence-electron chi connectivity index (χ1n) is 7.63. The third-order valence-corrected chi connectivity index (χ3v) is 5.57. The number of amides is 1. The van der Waals surface area contributed by atoms with Crippen molar-refractivity contribution in [3.05, 3.63) is 29.8 Å². The highest BCUT2D eigenvalue weighted by Crippen LogP contribution is 2.37. The minimum Gasteiger partial charge on any atom is -0.497 e. The summed E-state index contributed by atoms with van der Waals surface area (Å²) in [7, 11) is 1.64. The third kappa shape index (κ3) is 4.73. The number of hydrogen-bond donors (Lipinski definition) is 1. The van der Waals surface area contributed by atoms with Crippen LogP contribution < -0.4 is 10.1 Å². The average molecular weight is 354 g/mol. The molecular formula is C17H24BrNO2. The van der Waals surface area contributed by atoms with Crippen LogP contribution in [-0.2, 0) is 11.2 Å². The van der Waals surface area contributed by atoms with Gasteiger partial charge in [0.05, 0.1) is 13.5 Å². The van der Waals surface area contributed by atoms with Crippen molar-refractivity contribution in [2.75, 3.05) is 19.0 Å². The number of carbonyl (C=O) groups excluding carboxylic acids is 1. The summed E-state index contributed by atoms with van der Waals surface area (Å²) in [6.45, 7) is 0.785. The molecule has 0 atom stereocenters. The Morgan fingerprint density at radius 2 is 1.90 bits per heavy atom. The molecule has 1 N–H and O–H groups in total. The van der Waals surface area contributed by atoms with E-state index in [-0.39, 0.29) is 11.3 Å². The van der Waals surface area contributed by atoms with E-state index in [0.29, 0.717) is 6.42 Å². The Morgan fingerprint density at radius 3 is 2.48 bits per heavy atom. The van der Waals surface area contributed by atoms with Gasteiger partial charge in [0.2, 0.25) is 5.91 Å². The quantitative estimate of drug-likeness (QED) is 0.791. The zero-order chi connectivity index (χ0) is 15.1. The molecular weight excluding hydrogens is 330 g/mol. The predicted molar refractivity (Wildman–Crippen MR) is 89.0 cm³/mol. The largest absolute Gasteiger partial charge is 0.497 e. The minimum absolute atomic E-state index is 0.103. The number of rotatable bonds is 6. The number of carbonyl (C=O) groups is 1. The molecule has 1 amide bonds. The van der Waals surface area contributed by atoms with E-state index in [0.717, 1.165) is 23.2 Å². The van der Waals surface area contributed by atoms with Crippen LogP contribution in [0.4, 0.5) is 0 Å². The highest BCUT2D eigenvalue weighted by atomic mass is 79.9. The smallest absolute Gasteiger partial charge is 0.224 e. The lowest BCUT2D eigenvalue weighted by atomic mass is 9.75. The average Bonchev–Trinajstić information content (AvgIpc) is 2.54. The van der Waals surface area contributed by atoms with Crippen molar-refractivity contribution in [2.45, 2.75) is 38.5 Å². The van der Waals surface area contributed by atoms with E-state index in [1.807, 2.05) is 24.3 Å². The van der Waals surface area contributed by atoms with Crippen LogP contribution in [0.2, 0.25) is 0 Å². The number of hydrogen-bond acceptors (Lipinski definition) is 2. The lowest BCUT2D eigenvalue weighted by Crippen LogP contribution is -2.40. The van der Waals surface area contributed by atoms with Gasteiger partial charge in [-0.2, -0.15) is 0 Å². The lowest BCUT2D eigenvalue weighted by Gasteiger charge is -2.35. The predicted octanol–water partition coefficient (Wildman–Crippen LogP) is 3.70. The third-order valence-electron chi connectivity index (χ3n) is 4.38. The Morgan fingerprint density at radius 1 is 1.24 bits per heavy atom. The summed E-state index contributed by atoms with van der Waals surface area (Å²) < 4.78 is 5.12. The summed E-state index contributed by atoms with van der Waals surface area (Å²) in [6, 6.07) is 7.67. The number of methoxy groups -OCH3 is 1. The van der Waals surface area contributed by atoms with Crippen molar-refractivity contribution < 1.29 is 9.53 Å². The van der Waals surface area contributed by atoms with Gasteiger partial charge in [-0.3, -0.25) is 4.79 Å². The van der Waals surface area contributed by atoms with Crippen molar-refractivity contribution in [2.24, 2.45) is 5.41 Å². The molecule has 2 rings (SSSR count). The standard InChI is InChI=1S/C17H24BrNO2/c1-21-15-7-5-14(6-8-15)11-16(20)19-13-17(12-18)9-3-2-4-10-17/h5-8H,2-4,9-13H2,1H3,(H,19,20). The summed E-state index contributed by atoms with van der Waals surface area (Å²) in [5.74, 6) is 0.922. The molecule has 116 valence electrons. The van der Waals surface area contributed by atoms with Crippen LogP contribution in [0.3, 0.4) is 0 Å². The summed E-state index contributed by atoms with van der Waals surface area (Å²) in [5, 5.41) is 4.10. The van der Waals surface area contributed by atoms with Gasteiger partial charge in [0.1, 0.15) is 5.75 Å². The van der Waals surface area contributed by atoms with Crippen LogP contribution in [0.5, 0.6) is 5.75 Å². The molecule has 0 heterocycles. The van der Waals surface area contributed by atoms with Gasteiger partial charge in [0.15, 0.2) is 0 Å². The number of nitrogens with one attached hydrogen (secondary N) is 1. The normalized spacial score (nSPS) is 17.2. The molecule has 3 nitrogen and oxygen atoms in total. The van der Waals surface area contributed by atoms with Gasteiger partial charge in [-0.05, 0) is 36.0 Å². The second kappa shape index (κ2) is 7.83. The first-order chi connectivity index (χ1) is 10.2. The zero-order valence-electron chi connectivity index (χ0n) is 12.7. The van der Waals surface area contributed by atoms with Gasteiger partial charge in [-0.25, -0.2) is 0 Å². The SMILES string of the molecule is COc1ccc(CC(=O)NCC2(CBr)CCCCC2)cc1. The fraction of sp³-hybridized carbons (Fsp3) is 0.588. The number of alkyl halides is 1. The minimum atomic E-state index is 0.103. The van der Waals surface area contributed by atoms with Crippen LogP contribution in [0.15, 0.2) is 24.3 Å². The van der Waals surface area contributed by atoms with Gasteiger partial charge < -0.3 is 10.1 Å². The van der Waals surface area contributed by atoms with E-state index in [2.05, 4.69) is 21.2 Å². The molecule has 21 heavy (non-hydrogen) atoms. The van der Waals surface area contributed by atoms with Gasteiger partial charge in [0, 0.05) is 11.9 Å². The van der Waals surface area contributed by atoms with Crippen LogP contribution in [0.25, 0.3) is 0 Å². The molecule has 1 aliphatic carbocycles. The van der Waals surface area contributed by atoms with Crippen molar-refractivity contribution in [1.82, 2.24) is 5.32 Å².